The van der Waals surface area contributed by atoms with E-state index in [-0.39, 0.29) is 16.2 Å². The van der Waals surface area contributed by atoms with E-state index in [1.807, 2.05) is 6.08 Å². The monoisotopic (exact) mass is 337 g/mol. The van der Waals surface area contributed by atoms with E-state index < -0.39 is 0 Å². The number of carbonyl (C=O) groups excluding carboxylic acids is 1. The van der Waals surface area contributed by atoms with Crippen LogP contribution in [0, 0.1) is 57.2 Å². The maximum Gasteiger partial charge on any atom is 0.155 e. The fraction of sp³-hybridized carbons (Fsp3) is 0.826. The third-order valence-corrected chi connectivity index (χ3v) is 10.2. The van der Waals surface area contributed by atoms with Crippen LogP contribution < -0.4 is 0 Å². The molecule has 8 atom stereocenters. The Balaban J connectivity index is 1.57. The molecule has 134 valence electrons. The number of nitrogens with zero attached hydrogens (tertiary/aromatic N) is 1. The maximum atomic E-state index is 12.0. The van der Waals surface area contributed by atoms with Crippen LogP contribution in [0.5, 0.6) is 0 Å². The summed E-state index contributed by atoms with van der Waals surface area (Å²) in [6.45, 7) is 7.22. The molecule has 0 bridgehead atoms. The van der Waals surface area contributed by atoms with Crippen LogP contribution in [0.3, 0.4) is 0 Å². The molecule has 0 unspecified atom stereocenters. The van der Waals surface area contributed by atoms with Gasteiger partial charge in [-0.3, -0.25) is 4.79 Å². The summed E-state index contributed by atoms with van der Waals surface area (Å²) in [5, 5.41) is 10.1. The predicted octanol–water partition coefficient (Wildman–Crippen LogP) is 5.29. The zero-order valence-electron chi connectivity index (χ0n) is 16.0. The van der Waals surface area contributed by atoms with Crippen LogP contribution >= 0.6 is 0 Å². The van der Waals surface area contributed by atoms with Crippen molar-refractivity contribution < 1.29 is 4.79 Å². The molecule has 5 aliphatic rings. The van der Waals surface area contributed by atoms with Gasteiger partial charge in [-0.05, 0) is 98.4 Å². The van der Waals surface area contributed by atoms with E-state index in [2.05, 4.69) is 26.8 Å². The highest BCUT2D eigenvalue weighted by molar-refractivity contribution is 5.91. The van der Waals surface area contributed by atoms with Gasteiger partial charge in [0.25, 0.3) is 0 Å². The summed E-state index contributed by atoms with van der Waals surface area (Å²) in [5.41, 5.74) is 1.80. The fourth-order valence-electron chi connectivity index (χ4n) is 8.51. The summed E-state index contributed by atoms with van der Waals surface area (Å²) in [6.07, 6.45) is 11.3. The molecule has 0 aromatic rings. The SMILES string of the molecule is C[C@]12CCC(=O)C=C1CC[C@H]1[C@@H]3[C@@H]4CC[C@@H]4[C@](C)(C#N)[C@@]3(C)CC[C@@H]12. The molecule has 0 radical (unpaired) electrons. The molecule has 0 spiro atoms. The second kappa shape index (κ2) is 4.79. The number of hydrogen-bond acceptors (Lipinski definition) is 2. The number of ketones is 1. The number of carbonyl (C=O) groups is 1. The summed E-state index contributed by atoms with van der Waals surface area (Å²) < 4.78 is 0. The first kappa shape index (κ1) is 16.1. The molecule has 25 heavy (non-hydrogen) atoms. The number of allylic oxidation sites excluding steroid dienone is 1. The average Bonchev–Trinajstić information content (AvgIpc) is 2.69. The number of fused-ring (bicyclic) bond motifs is 7. The second-order valence-electron chi connectivity index (χ2n) is 10.5. The lowest BCUT2D eigenvalue weighted by molar-refractivity contribution is -0.118. The Morgan fingerprint density at radius 2 is 1.76 bits per heavy atom. The summed E-state index contributed by atoms with van der Waals surface area (Å²) >= 11 is 0. The Hall–Kier alpha value is -1.10. The van der Waals surface area contributed by atoms with Crippen molar-refractivity contribution in [3.63, 3.8) is 0 Å². The van der Waals surface area contributed by atoms with E-state index in [4.69, 9.17) is 0 Å². The van der Waals surface area contributed by atoms with Gasteiger partial charge in [-0.1, -0.05) is 19.4 Å². The van der Waals surface area contributed by atoms with E-state index in [0.29, 0.717) is 11.7 Å². The topological polar surface area (TPSA) is 40.9 Å². The molecule has 0 N–H and O–H groups in total. The van der Waals surface area contributed by atoms with Crippen LogP contribution in [0.15, 0.2) is 11.6 Å². The lowest BCUT2D eigenvalue weighted by atomic mass is 9.45. The smallest absolute Gasteiger partial charge is 0.155 e. The van der Waals surface area contributed by atoms with Crippen molar-refractivity contribution >= 4 is 5.78 Å². The van der Waals surface area contributed by atoms with Crippen molar-refractivity contribution in [1.29, 1.82) is 5.26 Å². The van der Waals surface area contributed by atoms with Crippen molar-refractivity contribution in [3.8, 4) is 6.07 Å². The van der Waals surface area contributed by atoms with E-state index in [0.717, 1.165) is 42.9 Å². The average molecular weight is 338 g/mol. The van der Waals surface area contributed by atoms with Crippen molar-refractivity contribution in [2.75, 3.05) is 0 Å². The molecule has 2 heteroatoms. The van der Waals surface area contributed by atoms with Gasteiger partial charge in [0.1, 0.15) is 0 Å². The normalized spacial score (nSPS) is 56.5. The molecule has 0 amide bonds. The quantitative estimate of drug-likeness (QED) is 0.602. The lowest BCUT2D eigenvalue weighted by Gasteiger charge is -2.59. The molecule has 5 rings (SSSR count). The Kier molecular flexibility index (Phi) is 3.08. The Morgan fingerprint density at radius 1 is 1.00 bits per heavy atom. The van der Waals surface area contributed by atoms with Gasteiger partial charge in [0, 0.05) is 6.42 Å². The highest BCUT2D eigenvalue weighted by atomic mass is 16.1. The van der Waals surface area contributed by atoms with Crippen LogP contribution in [0.25, 0.3) is 0 Å². The third-order valence-electron chi connectivity index (χ3n) is 10.2. The number of nitriles is 1. The minimum atomic E-state index is -0.120. The van der Waals surface area contributed by atoms with E-state index >= 15 is 0 Å². The standard InChI is InChI=1S/C23H31NO/c1-21-10-8-15(25)12-14(21)4-5-16-18(21)9-11-22(2)20(16)17-6-7-19(17)23(22,3)13-24/h12,16-20H,4-11H2,1-3H3/t16-,17-,18+,19+,20-,21+,22+,23+/m1/s1. The second-order valence-corrected chi connectivity index (χ2v) is 10.5. The van der Waals surface area contributed by atoms with Crippen LogP contribution in [0.2, 0.25) is 0 Å². The summed E-state index contributed by atoms with van der Waals surface area (Å²) in [7, 11) is 0. The molecular formula is C23H31NO. The van der Waals surface area contributed by atoms with E-state index in [1.165, 1.54) is 37.7 Å². The van der Waals surface area contributed by atoms with Crippen molar-refractivity contribution in [2.45, 2.75) is 72.1 Å². The van der Waals surface area contributed by atoms with Gasteiger partial charge in [0.15, 0.2) is 5.78 Å². The zero-order chi connectivity index (χ0) is 17.6. The van der Waals surface area contributed by atoms with Crippen molar-refractivity contribution in [1.82, 2.24) is 0 Å². The maximum absolute atomic E-state index is 12.0. The van der Waals surface area contributed by atoms with E-state index in [9.17, 15) is 10.1 Å². The molecule has 2 nitrogen and oxygen atoms in total. The van der Waals surface area contributed by atoms with Gasteiger partial charge in [-0.2, -0.15) is 5.26 Å². The van der Waals surface area contributed by atoms with Crippen molar-refractivity contribution in [2.24, 2.45) is 45.8 Å². The summed E-state index contributed by atoms with van der Waals surface area (Å²) in [4.78, 5) is 12.0. The number of hydrogen-bond donors (Lipinski definition) is 0. The Morgan fingerprint density at radius 3 is 2.44 bits per heavy atom. The lowest BCUT2D eigenvalue weighted by Crippen LogP contribution is -2.52. The van der Waals surface area contributed by atoms with E-state index in [1.54, 1.807) is 0 Å². The van der Waals surface area contributed by atoms with Gasteiger partial charge in [-0.15, -0.1) is 0 Å². The van der Waals surface area contributed by atoms with Crippen LogP contribution in [0.4, 0.5) is 0 Å². The summed E-state index contributed by atoms with van der Waals surface area (Å²) in [5.74, 6) is 4.04. The highest BCUT2D eigenvalue weighted by Crippen LogP contribution is 2.76. The fourth-order valence-corrected chi connectivity index (χ4v) is 8.51. The van der Waals surface area contributed by atoms with Crippen LogP contribution in [-0.4, -0.2) is 5.78 Å². The molecule has 0 aliphatic heterocycles. The van der Waals surface area contributed by atoms with Crippen LogP contribution in [-0.2, 0) is 4.79 Å². The largest absolute Gasteiger partial charge is 0.295 e. The molecule has 4 fully saturated rings. The van der Waals surface area contributed by atoms with Gasteiger partial charge in [0.2, 0.25) is 0 Å². The minimum absolute atomic E-state index is 0.120. The highest BCUT2D eigenvalue weighted by Gasteiger charge is 2.71. The molecule has 0 saturated heterocycles. The zero-order valence-corrected chi connectivity index (χ0v) is 16.0. The van der Waals surface area contributed by atoms with Gasteiger partial charge in [0.05, 0.1) is 11.5 Å². The predicted molar refractivity (Wildman–Crippen MR) is 97.4 cm³/mol. The van der Waals surface area contributed by atoms with Crippen LogP contribution in [0.1, 0.15) is 72.1 Å². The Labute approximate surface area is 152 Å². The van der Waals surface area contributed by atoms with Gasteiger partial charge >= 0.3 is 0 Å². The van der Waals surface area contributed by atoms with Gasteiger partial charge < -0.3 is 0 Å². The summed E-state index contributed by atoms with van der Waals surface area (Å²) in [6, 6.07) is 2.82. The van der Waals surface area contributed by atoms with Gasteiger partial charge in [-0.25, -0.2) is 0 Å². The third kappa shape index (κ3) is 1.69. The first-order valence-electron chi connectivity index (χ1n) is 10.5. The number of rotatable bonds is 0. The van der Waals surface area contributed by atoms with Crippen molar-refractivity contribution in [3.05, 3.63) is 11.6 Å². The molecule has 0 heterocycles. The molecule has 4 saturated carbocycles. The Bertz CT molecular complexity index is 716. The minimum Gasteiger partial charge on any atom is -0.295 e. The molecular weight excluding hydrogens is 306 g/mol. The molecule has 5 aliphatic carbocycles. The first-order chi connectivity index (χ1) is 11.8. The molecule has 0 aromatic heterocycles. The molecule has 0 aromatic carbocycles. The first-order valence-corrected chi connectivity index (χ1v) is 10.5.